The fraction of sp³-hybridized carbons (Fsp3) is 0.727. The van der Waals surface area contributed by atoms with E-state index in [9.17, 15) is 4.79 Å². The summed E-state index contributed by atoms with van der Waals surface area (Å²) in [4.78, 5) is 20.1. The zero-order valence-corrected chi connectivity index (χ0v) is 10.9. The highest BCUT2D eigenvalue weighted by atomic mass is 16.2. The van der Waals surface area contributed by atoms with Crippen molar-refractivity contribution < 1.29 is 4.79 Å². The van der Waals surface area contributed by atoms with Gasteiger partial charge >= 0.3 is 0 Å². The van der Waals surface area contributed by atoms with Gasteiger partial charge in [0, 0.05) is 25.7 Å². The summed E-state index contributed by atoms with van der Waals surface area (Å²) in [6.07, 6.45) is 2.54. The molecule has 1 fully saturated rings. The third-order valence-corrected chi connectivity index (χ3v) is 3.45. The van der Waals surface area contributed by atoms with Crippen LogP contribution < -0.4 is 5.73 Å². The van der Waals surface area contributed by atoms with E-state index in [1.165, 1.54) is 11.0 Å². The maximum absolute atomic E-state index is 12.1. The van der Waals surface area contributed by atoms with Gasteiger partial charge in [-0.3, -0.25) is 9.69 Å². The molecule has 1 aromatic heterocycles. The fourth-order valence-electron chi connectivity index (χ4n) is 2.24. The number of hydrogen-bond acceptors (Lipinski definition) is 5. The summed E-state index contributed by atoms with van der Waals surface area (Å²) in [6.45, 7) is 4.84. The van der Waals surface area contributed by atoms with Gasteiger partial charge < -0.3 is 10.6 Å². The number of nitrogen functional groups attached to an aromatic ring is 1. The van der Waals surface area contributed by atoms with Crippen LogP contribution in [0.4, 0.5) is 5.95 Å². The quantitative estimate of drug-likeness (QED) is 0.778. The van der Waals surface area contributed by atoms with E-state index in [0.29, 0.717) is 6.04 Å². The first-order chi connectivity index (χ1) is 8.60. The molecular formula is C11H20N6O. The number of nitrogens with two attached hydrogens (primary N) is 1. The Balaban J connectivity index is 1.93. The van der Waals surface area contributed by atoms with Crippen molar-refractivity contribution >= 4 is 11.9 Å². The standard InChI is InChI=1S/C11H20N6O/c1-3-9-6-16(5-4-15(9)2)10(18)7-17-8-13-11(12)14-17/h8-9H,3-7H2,1-2H3,(H2,12,14). The van der Waals surface area contributed by atoms with E-state index in [1.807, 2.05) is 4.90 Å². The van der Waals surface area contributed by atoms with Crippen LogP contribution >= 0.6 is 0 Å². The lowest BCUT2D eigenvalue weighted by atomic mass is 10.1. The lowest BCUT2D eigenvalue weighted by molar-refractivity contribution is -0.134. The highest BCUT2D eigenvalue weighted by Crippen LogP contribution is 2.11. The number of anilines is 1. The van der Waals surface area contributed by atoms with Gasteiger partial charge in [0.15, 0.2) is 0 Å². The van der Waals surface area contributed by atoms with Crippen LogP contribution in [0.15, 0.2) is 6.33 Å². The Morgan fingerprint density at radius 1 is 1.56 bits per heavy atom. The number of carbonyl (C=O) groups is 1. The van der Waals surface area contributed by atoms with E-state index in [0.717, 1.165) is 26.1 Å². The number of hydrogen-bond donors (Lipinski definition) is 1. The molecule has 2 heterocycles. The van der Waals surface area contributed by atoms with Crippen molar-refractivity contribution in [3.8, 4) is 0 Å². The topological polar surface area (TPSA) is 80.3 Å². The van der Waals surface area contributed by atoms with Gasteiger partial charge in [-0.1, -0.05) is 6.92 Å². The number of likely N-dealkylation sites (N-methyl/N-ethyl adjacent to an activating group) is 1. The molecule has 100 valence electrons. The molecule has 7 heteroatoms. The second-order valence-corrected chi connectivity index (χ2v) is 4.68. The summed E-state index contributed by atoms with van der Waals surface area (Å²) in [5.41, 5.74) is 5.42. The molecule has 0 radical (unpaired) electrons. The van der Waals surface area contributed by atoms with Crippen LogP contribution in [0, 0.1) is 0 Å². The maximum Gasteiger partial charge on any atom is 0.244 e. The number of carbonyl (C=O) groups excluding carboxylic acids is 1. The smallest absolute Gasteiger partial charge is 0.244 e. The van der Waals surface area contributed by atoms with Gasteiger partial charge in [-0.05, 0) is 13.5 Å². The number of piperazine rings is 1. The van der Waals surface area contributed by atoms with Gasteiger partial charge in [0.25, 0.3) is 0 Å². The second-order valence-electron chi connectivity index (χ2n) is 4.68. The summed E-state index contributed by atoms with van der Waals surface area (Å²) < 4.78 is 1.48. The summed E-state index contributed by atoms with van der Waals surface area (Å²) in [5.74, 6) is 0.277. The van der Waals surface area contributed by atoms with E-state index < -0.39 is 0 Å². The van der Waals surface area contributed by atoms with Crippen LogP contribution in [0.1, 0.15) is 13.3 Å². The first-order valence-electron chi connectivity index (χ1n) is 6.23. The molecule has 18 heavy (non-hydrogen) atoms. The average Bonchev–Trinajstić information content (AvgIpc) is 2.75. The van der Waals surface area contributed by atoms with Crippen LogP contribution in [0.3, 0.4) is 0 Å². The van der Waals surface area contributed by atoms with Crippen molar-refractivity contribution in [2.24, 2.45) is 0 Å². The minimum Gasteiger partial charge on any atom is -0.367 e. The Morgan fingerprint density at radius 3 is 2.94 bits per heavy atom. The van der Waals surface area contributed by atoms with Gasteiger partial charge in [0.1, 0.15) is 12.9 Å². The second kappa shape index (κ2) is 5.34. The van der Waals surface area contributed by atoms with Crippen molar-refractivity contribution in [3.05, 3.63) is 6.33 Å². The SMILES string of the molecule is CCC1CN(C(=O)Cn2cnc(N)n2)CCN1C. The van der Waals surface area contributed by atoms with Gasteiger partial charge in [-0.15, -0.1) is 5.10 Å². The molecule has 0 bridgehead atoms. The third kappa shape index (κ3) is 2.79. The molecular weight excluding hydrogens is 232 g/mol. The lowest BCUT2D eigenvalue weighted by Gasteiger charge is -2.39. The van der Waals surface area contributed by atoms with Crippen molar-refractivity contribution in [2.75, 3.05) is 32.4 Å². The summed E-state index contributed by atoms with van der Waals surface area (Å²) >= 11 is 0. The largest absolute Gasteiger partial charge is 0.367 e. The Bertz CT molecular complexity index is 417. The van der Waals surface area contributed by atoms with Crippen LogP contribution in [0.5, 0.6) is 0 Å². The van der Waals surface area contributed by atoms with E-state index in [-0.39, 0.29) is 18.4 Å². The monoisotopic (exact) mass is 252 g/mol. The van der Waals surface area contributed by atoms with E-state index in [4.69, 9.17) is 5.73 Å². The van der Waals surface area contributed by atoms with Gasteiger partial charge in [-0.25, -0.2) is 9.67 Å². The molecule has 1 saturated heterocycles. The van der Waals surface area contributed by atoms with Crippen molar-refractivity contribution in [1.82, 2.24) is 24.6 Å². The highest BCUT2D eigenvalue weighted by Gasteiger charge is 2.26. The minimum atomic E-state index is 0.0754. The van der Waals surface area contributed by atoms with E-state index in [2.05, 4.69) is 29.0 Å². The Labute approximate surface area is 107 Å². The number of nitrogens with zero attached hydrogens (tertiary/aromatic N) is 5. The lowest BCUT2D eigenvalue weighted by Crippen LogP contribution is -2.53. The molecule has 7 nitrogen and oxygen atoms in total. The zero-order valence-electron chi connectivity index (χ0n) is 10.9. The van der Waals surface area contributed by atoms with Crippen LogP contribution in [-0.4, -0.2) is 63.2 Å². The summed E-state index contributed by atoms with van der Waals surface area (Å²) in [7, 11) is 2.11. The van der Waals surface area contributed by atoms with Crippen LogP contribution in [0.25, 0.3) is 0 Å². The highest BCUT2D eigenvalue weighted by molar-refractivity contribution is 5.76. The Morgan fingerprint density at radius 2 is 2.33 bits per heavy atom. The van der Waals surface area contributed by atoms with Gasteiger partial charge in [0.2, 0.25) is 11.9 Å². The summed E-state index contributed by atoms with van der Waals surface area (Å²) in [6, 6.07) is 0.448. The van der Waals surface area contributed by atoms with Crippen molar-refractivity contribution in [3.63, 3.8) is 0 Å². The molecule has 0 spiro atoms. The van der Waals surface area contributed by atoms with Gasteiger partial charge in [0.05, 0.1) is 0 Å². The zero-order chi connectivity index (χ0) is 13.1. The average molecular weight is 252 g/mol. The Hall–Kier alpha value is -1.63. The maximum atomic E-state index is 12.1. The normalized spacial score (nSPS) is 21.2. The number of amides is 1. The van der Waals surface area contributed by atoms with Gasteiger partial charge in [-0.2, -0.15) is 0 Å². The molecule has 2 rings (SSSR count). The molecule has 1 atom stereocenters. The molecule has 2 N–H and O–H groups in total. The molecule has 0 saturated carbocycles. The number of rotatable bonds is 3. The third-order valence-electron chi connectivity index (χ3n) is 3.45. The molecule has 1 aliphatic heterocycles. The first kappa shape index (κ1) is 12.8. The summed E-state index contributed by atoms with van der Waals surface area (Å²) in [5, 5.41) is 3.93. The first-order valence-corrected chi connectivity index (χ1v) is 6.23. The molecule has 1 aromatic rings. The van der Waals surface area contributed by atoms with Crippen molar-refractivity contribution in [2.45, 2.75) is 25.9 Å². The molecule has 0 aliphatic carbocycles. The van der Waals surface area contributed by atoms with E-state index >= 15 is 0 Å². The molecule has 1 amide bonds. The molecule has 1 unspecified atom stereocenters. The predicted molar refractivity (Wildman–Crippen MR) is 67.7 cm³/mol. The minimum absolute atomic E-state index is 0.0754. The van der Waals surface area contributed by atoms with E-state index in [1.54, 1.807) is 0 Å². The Kier molecular flexibility index (Phi) is 3.81. The number of aromatic nitrogens is 3. The van der Waals surface area contributed by atoms with Crippen molar-refractivity contribution in [1.29, 1.82) is 0 Å². The molecule has 0 aromatic carbocycles. The fourth-order valence-corrected chi connectivity index (χ4v) is 2.24. The van der Waals surface area contributed by atoms with Crippen LogP contribution in [0.2, 0.25) is 0 Å². The van der Waals surface area contributed by atoms with Crippen LogP contribution in [-0.2, 0) is 11.3 Å². The molecule has 1 aliphatic rings. The predicted octanol–water partition coefficient (Wildman–Crippen LogP) is -0.587.